The Morgan fingerprint density at radius 3 is 2.86 bits per heavy atom. The third-order valence-corrected chi connectivity index (χ3v) is 4.03. The fraction of sp³-hybridized carbons (Fsp3) is 0.294. The summed E-state index contributed by atoms with van der Waals surface area (Å²) < 4.78 is 0. The SMILES string of the molecule is O=C(c1cccc(NC2CC2)n1)N1CCc2ccccc21. The number of nitrogens with zero attached hydrogens (tertiary/aromatic N) is 2. The molecule has 0 unspecified atom stereocenters. The molecule has 106 valence electrons. The molecule has 0 bridgehead atoms. The summed E-state index contributed by atoms with van der Waals surface area (Å²) in [5, 5.41) is 3.34. The molecule has 1 aromatic heterocycles. The minimum Gasteiger partial charge on any atom is -0.367 e. The van der Waals surface area contributed by atoms with Crippen LogP contribution >= 0.6 is 0 Å². The summed E-state index contributed by atoms with van der Waals surface area (Å²) in [6, 6.07) is 14.2. The molecular weight excluding hydrogens is 262 g/mol. The molecule has 4 heteroatoms. The van der Waals surface area contributed by atoms with Gasteiger partial charge in [0.2, 0.25) is 0 Å². The smallest absolute Gasteiger partial charge is 0.276 e. The van der Waals surface area contributed by atoms with E-state index in [-0.39, 0.29) is 5.91 Å². The number of benzene rings is 1. The van der Waals surface area contributed by atoms with Crippen LogP contribution in [0.4, 0.5) is 11.5 Å². The van der Waals surface area contributed by atoms with Crippen LogP contribution < -0.4 is 10.2 Å². The molecule has 1 aliphatic carbocycles. The summed E-state index contributed by atoms with van der Waals surface area (Å²) in [5.41, 5.74) is 2.76. The lowest BCUT2D eigenvalue weighted by Crippen LogP contribution is -2.29. The van der Waals surface area contributed by atoms with Crippen molar-refractivity contribution >= 4 is 17.4 Å². The first-order chi connectivity index (χ1) is 10.3. The maximum atomic E-state index is 12.7. The first kappa shape index (κ1) is 12.4. The van der Waals surface area contributed by atoms with E-state index < -0.39 is 0 Å². The largest absolute Gasteiger partial charge is 0.367 e. The van der Waals surface area contributed by atoms with Gasteiger partial charge in [-0.05, 0) is 43.0 Å². The molecular formula is C17H17N3O. The third kappa shape index (κ3) is 2.37. The number of hydrogen-bond acceptors (Lipinski definition) is 3. The Morgan fingerprint density at radius 2 is 2.00 bits per heavy atom. The Kier molecular flexibility index (Phi) is 2.88. The molecule has 0 saturated heterocycles. The quantitative estimate of drug-likeness (QED) is 0.939. The number of anilines is 2. The van der Waals surface area contributed by atoms with Gasteiger partial charge in [-0.25, -0.2) is 4.98 Å². The number of carbonyl (C=O) groups excluding carboxylic acids is 1. The van der Waals surface area contributed by atoms with E-state index in [1.807, 2.05) is 35.2 Å². The van der Waals surface area contributed by atoms with E-state index in [4.69, 9.17) is 0 Å². The molecule has 2 aromatic rings. The van der Waals surface area contributed by atoms with Gasteiger partial charge in [0.25, 0.3) is 5.91 Å². The third-order valence-electron chi connectivity index (χ3n) is 4.03. The number of para-hydroxylation sites is 1. The Labute approximate surface area is 123 Å². The van der Waals surface area contributed by atoms with E-state index in [1.54, 1.807) is 6.07 Å². The Hall–Kier alpha value is -2.36. The second-order valence-electron chi connectivity index (χ2n) is 5.66. The molecule has 1 amide bonds. The summed E-state index contributed by atoms with van der Waals surface area (Å²) >= 11 is 0. The molecule has 4 rings (SSSR count). The molecule has 0 atom stereocenters. The molecule has 21 heavy (non-hydrogen) atoms. The molecule has 1 aliphatic heterocycles. The Morgan fingerprint density at radius 1 is 1.14 bits per heavy atom. The zero-order valence-corrected chi connectivity index (χ0v) is 11.7. The van der Waals surface area contributed by atoms with Crippen LogP contribution in [-0.4, -0.2) is 23.5 Å². The molecule has 1 saturated carbocycles. The number of rotatable bonds is 3. The van der Waals surface area contributed by atoms with Gasteiger partial charge in [-0.2, -0.15) is 0 Å². The number of aromatic nitrogens is 1. The minimum atomic E-state index is -0.0144. The van der Waals surface area contributed by atoms with Crippen molar-refractivity contribution in [1.82, 2.24) is 4.98 Å². The second kappa shape index (κ2) is 4.88. The highest BCUT2D eigenvalue weighted by Crippen LogP contribution is 2.29. The monoisotopic (exact) mass is 279 g/mol. The summed E-state index contributed by atoms with van der Waals surface area (Å²) in [4.78, 5) is 19.0. The van der Waals surface area contributed by atoms with Gasteiger partial charge in [0, 0.05) is 18.3 Å². The van der Waals surface area contributed by atoms with E-state index in [0.717, 1.165) is 24.5 Å². The minimum absolute atomic E-state index is 0.0144. The number of amides is 1. The zero-order valence-electron chi connectivity index (χ0n) is 11.7. The molecule has 1 fully saturated rings. The van der Waals surface area contributed by atoms with Crippen LogP contribution in [0.25, 0.3) is 0 Å². The van der Waals surface area contributed by atoms with Crippen LogP contribution in [0.15, 0.2) is 42.5 Å². The second-order valence-corrected chi connectivity index (χ2v) is 5.66. The van der Waals surface area contributed by atoms with Gasteiger partial charge in [0.15, 0.2) is 0 Å². The molecule has 1 aromatic carbocycles. The van der Waals surface area contributed by atoms with Gasteiger partial charge in [-0.1, -0.05) is 24.3 Å². The van der Waals surface area contributed by atoms with Crippen LogP contribution in [0, 0.1) is 0 Å². The van der Waals surface area contributed by atoms with Crippen molar-refractivity contribution in [2.45, 2.75) is 25.3 Å². The van der Waals surface area contributed by atoms with Gasteiger partial charge in [0.1, 0.15) is 11.5 Å². The summed E-state index contributed by atoms with van der Waals surface area (Å²) in [5.74, 6) is 0.787. The van der Waals surface area contributed by atoms with E-state index in [2.05, 4.69) is 16.4 Å². The predicted molar refractivity (Wildman–Crippen MR) is 82.7 cm³/mol. The molecule has 2 aliphatic rings. The molecule has 1 N–H and O–H groups in total. The fourth-order valence-electron chi connectivity index (χ4n) is 2.76. The average molecular weight is 279 g/mol. The molecule has 0 spiro atoms. The van der Waals surface area contributed by atoms with Crippen molar-refractivity contribution in [3.05, 3.63) is 53.7 Å². The van der Waals surface area contributed by atoms with Crippen molar-refractivity contribution in [1.29, 1.82) is 0 Å². The number of carbonyl (C=O) groups is 1. The number of nitrogens with one attached hydrogen (secondary N) is 1. The Bertz CT molecular complexity index is 694. The first-order valence-corrected chi connectivity index (χ1v) is 7.44. The fourth-order valence-corrected chi connectivity index (χ4v) is 2.76. The van der Waals surface area contributed by atoms with Crippen molar-refractivity contribution in [2.75, 3.05) is 16.8 Å². The maximum Gasteiger partial charge on any atom is 0.276 e. The zero-order chi connectivity index (χ0) is 14.2. The highest BCUT2D eigenvalue weighted by molar-refractivity contribution is 6.06. The van der Waals surface area contributed by atoms with E-state index in [1.165, 1.54) is 18.4 Å². The topological polar surface area (TPSA) is 45.2 Å². The number of hydrogen-bond donors (Lipinski definition) is 1. The highest BCUT2D eigenvalue weighted by Gasteiger charge is 2.26. The summed E-state index contributed by atoms with van der Waals surface area (Å²) in [6.07, 6.45) is 3.31. The summed E-state index contributed by atoms with van der Waals surface area (Å²) in [7, 11) is 0. The van der Waals surface area contributed by atoms with Crippen LogP contribution in [0.5, 0.6) is 0 Å². The van der Waals surface area contributed by atoms with Gasteiger partial charge in [-0.15, -0.1) is 0 Å². The van der Waals surface area contributed by atoms with Crippen molar-refractivity contribution < 1.29 is 4.79 Å². The molecule has 4 nitrogen and oxygen atoms in total. The maximum absolute atomic E-state index is 12.7. The van der Waals surface area contributed by atoms with Crippen LogP contribution in [0.1, 0.15) is 28.9 Å². The number of fused-ring (bicyclic) bond motifs is 1. The predicted octanol–water partition coefficient (Wildman–Crippen LogP) is 2.86. The van der Waals surface area contributed by atoms with Crippen LogP contribution in [-0.2, 0) is 6.42 Å². The van der Waals surface area contributed by atoms with Crippen LogP contribution in [0.3, 0.4) is 0 Å². The Balaban J connectivity index is 1.60. The highest BCUT2D eigenvalue weighted by atomic mass is 16.2. The molecule has 2 heterocycles. The number of pyridine rings is 1. The first-order valence-electron chi connectivity index (χ1n) is 7.44. The van der Waals surface area contributed by atoms with Crippen molar-refractivity contribution in [2.24, 2.45) is 0 Å². The van der Waals surface area contributed by atoms with Crippen LogP contribution in [0.2, 0.25) is 0 Å². The molecule has 0 radical (unpaired) electrons. The average Bonchev–Trinajstić information content (AvgIpc) is 3.23. The van der Waals surface area contributed by atoms with Gasteiger partial charge >= 0.3 is 0 Å². The summed E-state index contributed by atoms with van der Waals surface area (Å²) in [6.45, 7) is 0.736. The van der Waals surface area contributed by atoms with Crippen molar-refractivity contribution in [3.63, 3.8) is 0 Å². The standard InChI is InChI=1S/C17H17N3O/c21-17(20-11-10-12-4-1-2-6-15(12)20)14-5-3-7-16(19-14)18-13-8-9-13/h1-7,13H,8-11H2,(H,18,19). The normalized spacial score (nSPS) is 16.7. The lowest BCUT2D eigenvalue weighted by atomic mass is 10.2. The van der Waals surface area contributed by atoms with Crippen molar-refractivity contribution in [3.8, 4) is 0 Å². The van der Waals surface area contributed by atoms with Gasteiger partial charge in [-0.3, -0.25) is 4.79 Å². The van der Waals surface area contributed by atoms with E-state index >= 15 is 0 Å². The lowest BCUT2D eigenvalue weighted by molar-refractivity contribution is 0.0985. The van der Waals surface area contributed by atoms with E-state index in [0.29, 0.717) is 11.7 Å². The van der Waals surface area contributed by atoms with Gasteiger partial charge < -0.3 is 10.2 Å². The van der Waals surface area contributed by atoms with Gasteiger partial charge in [0.05, 0.1) is 0 Å². The van der Waals surface area contributed by atoms with E-state index in [9.17, 15) is 4.79 Å². The lowest BCUT2D eigenvalue weighted by Gasteiger charge is -2.17.